The predicted octanol–water partition coefficient (Wildman–Crippen LogP) is 2.73. The van der Waals surface area contributed by atoms with Gasteiger partial charge in [0, 0.05) is 10.9 Å². The molecule has 2 rings (SSSR count). The first kappa shape index (κ1) is 12.5. The Balaban J connectivity index is 2.00. The molecule has 1 aromatic heterocycles. The first-order chi connectivity index (χ1) is 7.58. The molecule has 0 radical (unpaired) electrons. The molecule has 0 unspecified atom stereocenters. The fourth-order valence-corrected chi connectivity index (χ4v) is 4.71. The average Bonchev–Trinajstić information content (AvgIpc) is 2.75. The lowest BCUT2D eigenvalue weighted by atomic mass is 9.96. The maximum atomic E-state index is 11.9. The van der Waals surface area contributed by atoms with E-state index in [-0.39, 0.29) is 6.04 Å². The molecule has 3 nitrogen and oxygen atoms in total. The molecule has 90 valence electrons. The van der Waals surface area contributed by atoms with Gasteiger partial charge in [0.15, 0.2) is 0 Å². The Morgan fingerprint density at radius 1 is 1.31 bits per heavy atom. The number of sulfonamides is 1. The molecular weight excluding hydrogens is 310 g/mol. The summed E-state index contributed by atoms with van der Waals surface area (Å²) in [6, 6.07) is 3.50. The van der Waals surface area contributed by atoms with E-state index in [4.69, 9.17) is 0 Å². The molecule has 0 aliphatic heterocycles. The summed E-state index contributed by atoms with van der Waals surface area (Å²) in [6.45, 7) is 0. The first-order valence-electron chi connectivity index (χ1n) is 5.28. The Bertz CT molecular complexity index is 422. The molecule has 0 aromatic carbocycles. The summed E-state index contributed by atoms with van der Waals surface area (Å²) in [4.78, 5) is 0.551. The lowest BCUT2D eigenvalue weighted by Crippen LogP contribution is -2.37. The molecule has 0 saturated heterocycles. The van der Waals surface area contributed by atoms with Crippen LogP contribution >= 0.6 is 27.3 Å². The number of thiophene rings is 1. The third-order valence-electron chi connectivity index (χ3n) is 2.74. The van der Waals surface area contributed by atoms with Crippen LogP contribution in [-0.2, 0) is 10.0 Å². The number of nitrogens with one attached hydrogen (secondary N) is 1. The molecular formula is C10H14BrNO2S2. The number of rotatable bonds is 3. The summed E-state index contributed by atoms with van der Waals surface area (Å²) in [5.41, 5.74) is 0. The van der Waals surface area contributed by atoms with Gasteiger partial charge >= 0.3 is 0 Å². The maximum absolute atomic E-state index is 11.9. The van der Waals surface area contributed by atoms with Crippen LogP contribution < -0.4 is 4.72 Å². The monoisotopic (exact) mass is 323 g/mol. The van der Waals surface area contributed by atoms with Crippen molar-refractivity contribution in [1.29, 1.82) is 0 Å². The standard InChI is InChI=1S/C10H14BrNO2S2/c11-8-3-5-9(6-4-8)12-16(13,14)10-2-1-7-15-10/h1-2,7-9,12H,3-6H2. The molecule has 0 atom stereocenters. The van der Waals surface area contributed by atoms with Crippen LogP contribution in [0.1, 0.15) is 25.7 Å². The predicted molar refractivity (Wildman–Crippen MR) is 69.6 cm³/mol. The van der Waals surface area contributed by atoms with Crippen molar-refractivity contribution in [3.05, 3.63) is 17.5 Å². The van der Waals surface area contributed by atoms with Crippen LogP contribution in [-0.4, -0.2) is 19.3 Å². The number of hydrogen-bond acceptors (Lipinski definition) is 3. The molecule has 1 aliphatic rings. The fourth-order valence-electron chi connectivity index (χ4n) is 1.86. The van der Waals surface area contributed by atoms with Gasteiger partial charge in [-0.3, -0.25) is 0 Å². The minimum absolute atomic E-state index is 0.0981. The molecule has 0 spiro atoms. The van der Waals surface area contributed by atoms with Crippen molar-refractivity contribution < 1.29 is 8.42 Å². The molecule has 0 bridgehead atoms. The van der Waals surface area contributed by atoms with Crippen LogP contribution in [0.5, 0.6) is 0 Å². The van der Waals surface area contributed by atoms with Crippen molar-refractivity contribution in [2.24, 2.45) is 0 Å². The largest absolute Gasteiger partial charge is 0.250 e. The van der Waals surface area contributed by atoms with E-state index in [1.807, 2.05) is 0 Å². The second-order valence-electron chi connectivity index (χ2n) is 4.00. The molecule has 1 fully saturated rings. The Hall–Kier alpha value is 0.0900. The van der Waals surface area contributed by atoms with E-state index in [9.17, 15) is 8.42 Å². The second kappa shape index (κ2) is 5.16. The van der Waals surface area contributed by atoms with Crippen LogP contribution in [0.2, 0.25) is 0 Å². The van der Waals surface area contributed by atoms with E-state index >= 15 is 0 Å². The minimum atomic E-state index is -3.28. The van der Waals surface area contributed by atoms with E-state index in [2.05, 4.69) is 20.7 Å². The molecule has 0 amide bonds. The van der Waals surface area contributed by atoms with E-state index in [1.54, 1.807) is 17.5 Å². The quantitative estimate of drug-likeness (QED) is 0.869. The van der Waals surface area contributed by atoms with E-state index in [0.29, 0.717) is 9.04 Å². The number of halogens is 1. The van der Waals surface area contributed by atoms with Gasteiger partial charge in [-0.15, -0.1) is 11.3 Å². The summed E-state index contributed by atoms with van der Waals surface area (Å²) >= 11 is 4.82. The zero-order valence-corrected chi connectivity index (χ0v) is 11.9. The third-order valence-corrected chi connectivity index (χ3v) is 6.57. The van der Waals surface area contributed by atoms with Gasteiger partial charge in [0.25, 0.3) is 0 Å². The van der Waals surface area contributed by atoms with Crippen LogP contribution in [0, 0.1) is 0 Å². The summed E-state index contributed by atoms with van der Waals surface area (Å²) in [5, 5.41) is 1.78. The van der Waals surface area contributed by atoms with Crippen LogP contribution in [0.15, 0.2) is 21.7 Å². The maximum Gasteiger partial charge on any atom is 0.250 e. The van der Waals surface area contributed by atoms with Gasteiger partial charge in [-0.1, -0.05) is 22.0 Å². The molecule has 1 aromatic rings. The van der Waals surface area contributed by atoms with Gasteiger partial charge in [0.1, 0.15) is 4.21 Å². The van der Waals surface area contributed by atoms with Crippen LogP contribution in [0.3, 0.4) is 0 Å². The Labute approximate surface area is 108 Å². The molecule has 1 saturated carbocycles. The normalized spacial score (nSPS) is 26.8. The van der Waals surface area contributed by atoms with Gasteiger partial charge in [-0.05, 0) is 37.1 Å². The molecule has 1 N–H and O–H groups in total. The van der Waals surface area contributed by atoms with E-state index < -0.39 is 10.0 Å². The van der Waals surface area contributed by atoms with Crippen LogP contribution in [0.25, 0.3) is 0 Å². The van der Waals surface area contributed by atoms with Crippen molar-refractivity contribution >= 4 is 37.3 Å². The van der Waals surface area contributed by atoms with Gasteiger partial charge in [-0.2, -0.15) is 0 Å². The van der Waals surface area contributed by atoms with E-state index in [1.165, 1.54) is 11.3 Å². The number of alkyl halides is 1. The Morgan fingerprint density at radius 3 is 2.56 bits per heavy atom. The second-order valence-corrected chi connectivity index (χ2v) is 8.19. The third kappa shape index (κ3) is 3.06. The zero-order valence-electron chi connectivity index (χ0n) is 8.73. The summed E-state index contributed by atoms with van der Waals surface area (Å²) in [7, 11) is -3.28. The number of hydrogen-bond donors (Lipinski definition) is 1. The van der Waals surface area contributed by atoms with Crippen molar-refractivity contribution in [3.63, 3.8) is 0 Å². The summed E-state index contributed by atoms with van der Waals surface area (Å²) < 4.78 is 27.1. The molecule has 16 heavy (non-hydrogen) atoms. The van der Waals surface area contributed by atoms with Gasteiger partial charge < -0.3 is 0 Å². The molecule has 6 heteroatoms. The minimum Gasteiger partial charge on any atom is -0.207 e. The topological polar surface area (TPSA) is 46.2 Å². The lowest BCUT2D eigenvalue weighted by Gasteiger charge is -2.25. The highest BCUT2D eigenvalue weighted by atomic mass is 79.9. The highest BCUT2D eigenvalue weighted by Crippen LogP contribution is 2.26. The lowest BCUT2D eigenvalue weighted by molar-refractivity contribution is 0.423. The molecule has 1 aliphatic carbocycles. The molecule has 1 heterocycles. The summed E-state index contributed by atoms with van der Waals surface area (Å²) in [6.07, 6.45) is 3.91. The highest BCUT2D eigenvalue weighted by Gasteiger charge is 2.24. The Kier molecular flexibility index (Phi) is 4.05. The highest BCUT2D eigenvalue weighted by molar-refractivity contribution is 9.09. The van der Waals surface area contributed by atoms with Crippen molar-refractivity contribution in [2.45, 2.75) is 40.8 Å². The average molecular weight is 324 g/mol. The van der Waals surface area contributed by atoms with Gasteiger partial charge in [0.2, 0.25) is 10.0 Å². The fraction of sp³-hybridized carbons (Fsp3) is 0.600. The van der Waals surface area contributed by atoms with Crippen LogP contribution in [0.4, 0.5) is 0 Å². The van der Waals surface area contributed by atoms with Gasteiger partial charge in [-0.25, -0.2) is 13.1 Å². The SMILES string of the molecule is O=S(=O)(NC1CCC(Br)CC1)c1cccs1. The van der Waals surface area contributed by atoms with Gasteiger partial charge in [0.05, 0.1) is 0 Å². The zero-order chi connectivity index (χ0) is 11.6. The van der Waals surface area contributed by atoms with Crippen molar-refractivity contribution in [1.82, 2.24) is 4.72 Å². The smallest absolute Gasteiger partial charge is 0.207 e. The van der Waals surface area contributed by atoms with E-state index in [0.717, 1.165) is 25.7 Å². The van der Waals surface area contributed by atoms with Crippen molar-refractivity contribution in [2.75, 3.05) is 0 Å². The summed E-state index contributed by atoms with van der Waals surface area (Å²) in [5.74, 6) is 0. The first-order valence-corrected chi connectivity index (χ1v) is 8.56. The van der Waals surface area contributed by atoms with Crippen molar-refractivity contribution in [3.8, 4) is 0 Å². The Morgan fingerprint density at radius 2 is 2.00 bits per heavy atom.